The van der Waals surface area contributed by atoms with E-state index in [2.05, 4.69) is 20.9 Å². The van der Waals surface area contributed by atoms with Crippen LogP contribution in [0.4, 0.5) is 5.82 Å². The molecule has 0 amide bonds. The topological polar surface area (TPSA) is 85.8 Å². The van der Waals surface area contributed by atoms with Gasteiger partial charge in [-0.2, -0.15) is 5.26 Å². The summed E-state index contributed by atoms with van der Waals surface area (Å²) in [4.78, 5) is 8.72. The van der Waals surface area contributed by atoms with E-state index in [-0.39, 0.29) is 6.61 Å². The molecule has 0 bridgehead atoms. The maximum Gasteiger partial charge on any atom is 0.129 e. The van der Waals surface area contributed by atoms with Crippen LogP contribution >= 0.6 is 0 Å². The van der Waals surface area contributed by atoms with Crippen molar-refractivity contribution in [3.05, 3.63) is 48.0 Å². The number of β-amino-alcohol motifs (C(OH)–C–C–N with tert-alkyl or cyclic N) is 1. The molecule has 1 N–H and O–H groups in total. The predicted octanol–water partition coefficient (Wildman–Crippen LogP) is 1.25. The van der Waals surface area contributed by atoms with E-state index in [1.807, 2.05) is 18.2 Å². The van der Waals surface area contributed by atoms with Gasteiger partial charge in [0.25, 0.3) is 0 Å². The molecule has 1 fully saturated rings. The third-order valence-corrected chi connectivity index (χ3v) is 4.17. The summed E-state index contributed by atoms with van der Waals surface area (Å²) in [5.74, 6) is 1.59. The van der Waals surface area contributed by atoms with Gasteiger partial charge in [-0.25, -0.2) is 4.98 Å². The summed E-state index contributed by atoms with van der Waals surface area (Å²) in [6.07, 6.45) is 2.75. The molecule has 1 aliphatic rings. The number of ether oxygens (including phenoxy) is 1. The van der Waals surface area contributed by atoms with Gasteiger partial charge in [0, 0.05) is 38.9 Å². The molecule has 7 heteroatoms. The monoisotopic (exact) mass is 342 g/mol. The Hall–Kier alpha value is -2.40. The average Bonchev–Trinajstić information content (AvgIpc) is 3.16. The highest BCUT2D eigenvalue weighted by Crippen LogP contribution is 2.15. The van der Waals surface area contributed by atoms with Crippen LogP contribution in [-0.2, 0) is 11.3 Å². The molecule has 132 valence electrons. The standard InChI is InChI=1S/C18H22N4O3/c19-11-15-3-4-20-18(10-15)22-7-5-21(6-8-22)12-16(23)13-24-14-17-2-1-9-25-17/h1-4,9-10,16,23H,5-8,12-14H2/t16-/m1/s1. The second-order valence-electron chi connectivity index (χ2n) is 6.05. The van der Waals surface area contributed by atoms with Gasteiger partial charge in [0.15, 0.2) is 0 Å². The van der Waals surface area contributed by atoms with Gasteiger partial charge in [-0.05, 0) is 24.3 Å². The van der Waals surface area contributed by atoms with E-state index in [0.29, 0.717) is 18.7 Å². The Morgan fingerprint density at radius 2 is 2.16 bits per heavy atom. The van der Waals surface area contributed by atoms with Crippen LogP contribution in [0, 0.1) is 11.3 Å². The fourth-order valence-electron chi connectivity index (χ4n) is 2.86. The van der Waals surface area contributed by atoms with E-state index in [9.17, 15) is 5.11 Å². The molecule has 1 aliphatic heterocycles. The molecule has 1 saturated heterocycles. The first-order valence-electron chi connectivity index (χ1n) is 8.36. The molecule has 3 heterocycles. The summed E-state index contributed by atoms with van der Waals surface area (Å²) in [7, 11) is 0. The lowest BCUT2D eigenvalue weighted by molar-refractivity contribution is 0.00440. The lowest BCUT2D eigenvalue weighted by Crippen LogP contribution is -2.49. The van der Waals surface area contributed by atoms with Crippen molar-refractivity contribution in [3.8, 4) is 6.07 Å². The van der Waals surface area contributed by atoms with Crippen molar-refractivity contribution in [1.82, 2.24) is 9.88 Å². The summed E-state index contributed by atoms with van der Waals surface area (Å²) >= 11 is 0. The van der Waals surface area contributed by atoms with Gasteiger partial charge in [0.05, 0.1) is 30.6 Å². The van der Waals surface area contributed by atoms with Crippen LogP contribution in [0.2, 0.25) is 0 Å². The summed E-state index contributed by atoms with van der Waals surface area (Å²) in [6, 6.07) is 9.32. The maximum atomic E-state index is 10.1. The second-order valence-corrected chi connectivity index (χ2v) is 6.05. The van der Waals surface area contributed by atoms with E-state index >= 15 is 0 Å². The first-order valence-corrected chi connectivity index (χ1v) is 8.36. The van der Waals surface area contributed by atoms with Crippen molar-refractivity contribution in [2.75, 3.05) is 44.2 Å². The summed E-state index contributed by atoms with van der Waals surface area (Å²) < 4.78 is 10.7. The zero-order valence-electron chi connectivity index (χ0n) is 14.0. The molecule has 0 unspecified atom stereocenters. The number of aliphatic hydroxyl groups excluding tert-OH is 1. The van der Waals surface area contributed by atoms with Crippen LogP contribution in [-0.4, -0.2) is 60.4 Å². The van der Waals surface area contributed by atoms with Crippen molar-refractivity contribution in [2.45, 2.75) is 12.7 Å². The number of rotatable bonds is 7. The van der Waals surface area contributed by atoms with E-state index in [1.165, 1.54) is 0 Å². The van der Waals surface area contributed by atoms with Gasteiger partial charge in [0.2, 0.25) is 0 Å². The van der Waals surface area contributed by atoms with Crippen LogP contribution in [0.3, 0.4) is 0 Å². The largest absolute Gasteiger partial charge is 0.467 e. The maximum absolute atomic E-state index is 10.1. The van der Waals surface area contributed by atoms with Crippen molar-refractivity contribution in [1.29, 1.82) is 5.26 Å². The number of piperazine rings is 1. The quantitative estimate of drug-likeness (QED) is 0.810. The van der Waals surface area contributed by atoms with Crippen molar-refractivity contribution in [3.63, 3.8) is 0 Å². The Balaban J connectivity index is 1.39. The summed E-state index contributed by atoms with van der Waals surface area (Å²) in [5.41, 5.74) is 0.622. The summed E-state index contributed by atoms with van der Waals surface area (Å²) in [6.45, 7) is 4.56. The normalized spacial score (nSPS) is 16.6. The van der Waals surface area contributed by atoms with Crippen molar-refractivity contribution < 1.29 is 14.3 Å². The lowest BCUT2D eigenvalue weighted by Gasteiger charge is -2.36. The second kappa shape index (κ2) is 8.62. The first kappa shape index (κ1) is 17.4. The van der Waals surface area contributed by atoms with Crippen LogP contribution in [0.25, 0.3) is 0 Å². The van der Waals surface area contributed by atoms with E-state index < -0.39 is 6.10 Å². The molecule has 0 aromatic carbocycles. The number of aliphatic hydroxyl groups is 1. The summed E-state index contributed by atoms with van der Waals surface area (Å²) in [5, 5.41) is 19.1. The van der Waals surface area contributed by atoms with E-state index in [1.54, 1.807) is 18.5 Å². The SMILES string of the molecule is N#Cc1ccnc(N2CCN(C[C@@H](O)COCc3ccco3)CC2)c1. The third-order valence-electron chi connectivity index (χ3n) is 4.17. The fraction of sp³-hybridized carbons (Fsp3) is 0.444. The molecule has 2 aromatic heterocycles. The van der Waals surface area contributed by atoms with Gasteiger partial charge in [-0.15, -0.1) is 0 Å². The van der Waals surface area contributed by atoms with Crippen molar-refractivity contribution in [2.24, 2.45) is 0 Å². The van der Waals surface area contributed by atoms with Gasteiger partial charge in [-0.3, -0.25) is 4.90 Å². The molecule has 0 radical (unpaired) electrons. The molecule has 7 nitrogen and oxygen atoms in total. The predicted molar refractivity (Wildman–Crippen MR) is 92.0 cm³/mol. The molecule has 0 aliphatic carbocycles. The number of nitrogens with zero attached hydrogens (tertiary/aromatic N) is 4. The number of anilines is 1. The number of furan rings is 1. The highest BCUT2D eigenvalue weighted by molar-refractivity contribution is 5.45. The first-order chi connectivity index (χ1) is 12.2. The van der Waals surface area contributed by atoms with Crippen molar-refractivity contribution >= 4 is 5.82 Å². The zero-order chi connectivity index (χ0) is 17.5. The average molecular weight is 342 g/mol. The molecule has 1 atom stereocenters. The van der Waals surface area contributed by atoms with Crippen LogP contribution in [0.15, 0.2) is 41.1 Å². The molecule has 2 aromatic rings. The minimum absolute atomic E-state index is 0.284. The number of aromatic nitrogens is 1. The van der Waals surface area contributed by atoms with E-state index in [0.717, 1.165) is 37.8 Å². The van der Waals surface area contributed by atoms with Gasteiger partial charge >= 0.3 is 0 Å². The molecule has 0 saturated carbocycles. The minimum atomic E-state index is -0.526. The zero-order valence-corrected chi connectivity index (χ0v) is 14.0. The van der Waals surface area contributed by atoms with Crippen LogP contribution < -0.4 is 4.90 Å². The Morgan fingerprint density at radius 1 is 1.32 bits per heavy atom. The van der Waals surface area contributed by atoms with Crippen LogP contribution in [0.1, 0.15) is 11.3 Å². The fourth-order valence-corrected chi connectivity index (χ4v) is 2.86. The highest BCUT2D eigenvalue weighted by atomic mass is 16.5. The molecule has 25 heavy (non-hydrogen) atoms. The number of hydrogen-bond acceptors (Lipinski definition) is 7. The lowest BCUT2D eigenvalue weighted by atomic mass is 10.2. The Kier molecular flexibility index (Phi) is 6.01. The van der Waals surface area contributed by atoms with E-state index in [4.69, 9.17) is 14.4 Å². The Morgan fingerprint density at radius 3 is 2.88 bits per heavy atom. The number of hydrogen-bond donors (Lipinski definition) is 1. The van der Waals surface area contributed by atoms with Gasteiger partial charge in [0.1, 0.15) is 18.2 Å². The Bertz CT molecular complexity index is 691. The smallest absolute Gasteiger partial charge is 0.129 e. The molecular weight excluding hydrogens is 320 g/mol. The molecular formula is C18H22N4O3. The molecule has 3 rings (SSSR count). The Labute approximate surface area is 147 Å². The van der Waals surface area contributed by atoms with Gasteiger partial charge in [-0.1, -0.05) is 0 Å². The molecule has 0 spiro atoms. The van der Waals surface area contributed by atoms with Gasteiger partial charge < -0.3 is 19.2 Å². The third kappa shape index (κ3) is 5.03. The van der Waals surface area contributed by atoms with Crippen LogP contribution in [0.5, 0.6) is 0 Å². The number of nitriles is 1. The number of pyridine rings is 1. The minimum Gasteiger partial charge on any atom is -0.467 e. The highest BCUT2D eigenvalue weighted by Gasteiger charge is 2.20.